The second-order valence-electron chi connectivity index (χ2n) is 8.54. The van der Waals surface area contributed by atoms with Crippen LogP contribution in [0.3, 0.4) is 0 Å². The number of fused-ring (bicyclic) bond motifs is 1. The van der Waals surface area contributed by atoms with Crippen LogP contribution >= 0.6 is 12.4 Å². The van der Waals surface area contributed by atoms with E-state index in [1.54, 1.807) is 0 Å². The maximum Gasteiger partial charge on any atom is 0.222 e. The predicted molar refractivity (Wildman–Crippen MR) is 127 cm³/mol. The number of benzene rings is 1. The zero-order valence-electron chi connectivity index (χ0n) is 18.5. The van der Waals surface area contributed by atoms with Crippen LogP contribution in [0.25, 0.3) is 10.9 Å². The fourth-order valence-corrected chi connectivity index (χ4v) is 4.65. The van der Waals surface area contributed by atoms with E-state index in [4.69, 9.17) is 4.98 Å². The molecule has 2 aliphatic rings. The molecule has 3 amide bonds. The zero-order valence-corrected chi connectivity index (χ0v) is 19.3. The molecule has 7 nitrogen and oxygen atoms in total. The minimum atomic E-state index is -0.109. The smallest absolute Gasteiger partial charge is 0.222 e. The Kier molecular flexibility index (Phi) is 8.07. The highest BCUT2D eigenvalue weighted by atomic mass is 35.5. The molecule has 0 unspecified atom stereocenters. The van der Waals surface area contributed by atoms with E-state index in [9.17, 15) is 14.4 Å². The predicted octanol–water partition coefficient (Wildman–Crippen LogP) is 3.72. The Balaban J connectivity index is 0.00000289. The average molecular weight is 459 g/mol. The van der Waals surface area contributed by atoms with Gasteiger partial charge in [0.05, 0.1) is 16.9 Å². The van der Waals surface area contributed by atoms with Gasteiger partial charge in [-0.25, -0.2) is 0 Å². The molecule has 2 aromatic rings. The normalized spacial score (nSPS) is 16.8. The van der Waals surface area contributed by atoms with Crippen LogP contribution in [0, 0.1) is 0 Å². The molecular formula is C24H31ClN4O3. The molecule has 0 atom stereocenters. The van der Waals surface area contributed by atoms with Gasteiger partial charge in [0.25, 0.3) is 0 Å². The van der Waals surface area contributed by atoms with Crippen molar-refractivity contribution in [2.75, 3.05) is 31.5 Å². The number of amides is 3. The minimum Gasteiger partial charge on any atom is -0.343 e. The highest BCUT2D eigenvalue weighted by Crippen LogP contribution is 2.34. The van der Waals surface area contributed by atoms with Crippen molar-refractivity contribution in [3.8, 4) is 0 Å². The van der Waals surface area contributed by atoms with Crippen molar-refractivity contribution in [2.45, 2.75) is 51.4 Å². The summed E-state index contributed by atoms with van der Waals surface area (Å²) in [5, 5.41) is 3.94. The Labute approximate surface area is 195 Å². The quantitative estimate of drug-likeness (QED) is 0.715. The third-order valence-electron chi connectivity index (χ3n) is 6.29. The Hall–Kier alpha value is -2.67. The number of para-hydroxylation sites is 1. The van der Waals surface area contributed by atoms with Gasteiger partial charge in [0.2, 0.25) is 17.7 Å². The van der Waals surface area contributed by atoms with E-state index < -0.39 is 0 Å². The van der Waals surface area contributed by atoms with E-state index in [0.29, 0.717) is 32.5 Å². The molecule has 0 radical (unpaired) electrons. The number of hydrogen-bond donors (Lipinski definition) is 1. The summed E-state index contributed by atoms with van der Waals surface area (Å²) in [7, 11) is 0. The van der Waals surface area contributed by atoms with Gasteiger partial charge in [-0.1, -0.05) is 18.2 Å². The third kappa shape index (κ3) is 5.57. The molecule has 0 saturated carbocycles. The van der Waals surface area contributed by atoms with E-state index in [1.165, 1.54) is 6.92 Å². The van der Waals surface area contributed by atoms with Crippen LogP contribution in [-0.2, 0) is 14.4 Å². The summed E-state index contributed by atoms with van der Waals surface area (Å²) in [6.07, 6.45) is 4.44. The summed E-state index contributed by atoms with van der Waals surface area (Å²) < 4.78 is 0. The zero-order chi connectivity index (χ0) is 21.8. The molecule has 2 aliphatic heterocycles. The van der Waals surface area contributed by atoms with Crippen LogP contribution in [0.2, 0.25) is 0 Å². The fraction of sp³-hybridized carbons (Fsp3) is 0.500. The molecule has 8 heteroatoms. The van der Waals surface area contributed by atoms with Crippen LogP contribution in [0.1, 0.15) is 57.1 Å². The number of carbonyl (C=O) groups excluding carboxylic acids is 3. The number of rotatable bonds is 6. The van der Waals surface area contributed by atoms with Crippen molar-refractivity contribution in [3.05, 3.63) is 36.0 Å². The molecule has 0 aliphatic carbocycles. The topological polar surface area (TPSA) is 82.6 Å². The van der Waals surface area contributed by atoms with Crippen molar-refractivity contribution in [3.63, 3.8) is 0 Å². The second-order valence-corrected chi connectivity index (χ2v) is 8.54. The van der Waals surface area contributed by atoms with Crippen LogP contribution in [0.4, 0.5) is 5.69 Å². The Bertz CT molecular complexity index is 988. The van der Waals surface area contributed by atoms with E-state index in [0.717, 1.165) is 54.5 Å². The molecule has 0 bridgehead atoms. The molecular weight excluding hydrogens is 428 g/mol. The van der Waals surface area contributed by atoms with Gasteiger partial charge in [-0.15, -0.1) is 12.4 Å². The molecule has 1 N–H and O–H groups in total. The lowest BCUT2D eigenvalue weighted by Gasteiger charge is -2.32. The van der Waals surface area contributed by atoms with Crippen LogP contribution in [0.5, 0.6) is 0 Å². The summed E-state index contributed by atoms with van der Waals surface area (Å²) in [5.41, 5.74) is 2.60. The first-order valence-corrected chi connectivity index (χ1v) is 11.2. The largest absolute Gasteiger partial charge is 0.343 e. The van der Waals surface area contributed by atoms with E-state index in [1.807, 2.05) is 40.1 Å². The number of hydrogen-bond acceptors (Lipinski definition) is 4. The number of anilines is 1. The lowest BCUT2D eigenvalue weighted by molar-refractivity contribution is -0.133. The molecule has 3 heterocycles. The van der Waals surface area contributed by atoms with Crippen LogP contribution < -0.4 is 5.32 Å². The molecule has 2 fully saturated rings. The summed E-state index contributed by atoms with van der Waals surface area (Å²) >= 11 is 0. The van der Waals surface area contributed by atoms with Gasteiger partial charge in [0.1, 0.15) is 0 Å². The molecule has 0 spiro atoms. The van der Waals surface area contributed by atoms with Gasteiger partial charge in [-0.2, -0.15) is 0 Å². The number of aromatic nitrogens is 1. The highest BCUT2D eigenvalue weighted by Gasteiger charge is 2.27. The van der Waals surface area contributed by atoms with Gasteiger partial charge >= 0.3 is 0 Å². The van der Waals surface area contributed by atoms with Crippen molar-refractivity contribution < 1.29 is 14.4 Å². The lowest BCUT2D eigenvalue weighted by atomic mass is 9.91. The van der Waals surface area contributed by atoms with Crippen molar-refractivity contribution in [1.82, 2.24) is 14.8 Å². The number of nitrogens with zero attached hydrogens (tertiary/aromatic N) is 3. The number of likely N-dealkylation sites (tertiary alicyclic amines) is 2. The summed E-state index contributed by atoms with van der Waals surface area (Å²) in [6, 6.07) is 9.91. The number of carbonyl (C=O) groups is 3. The van der Waals surface area contributed by atoms with Gasteiger partial charge < -0.3 is 15.1 Å². The maximum absolute atomic E-state index is 12.6. The van der Waals surface area contributed by atoms with Crippen molar-refractivity contribution >= 4 is 46.7 Å². The van der Waals surface area contributed by atoms with Crippen LogP contribution in [-0.4, -0.2) is 58.7 Å². The molecule has 4 rings (SSSR count). The minimum absolute atomic E-state index is 0. The van der Waals surface area contributed by atoms with Gasteiger partial charge in [0.15, 0.2) is 0 Å². The van der Waals surface area contributed by atoms with Crippen LogP contribution in [0.15, 0.2) is 30.3 Å². The summed E-state index contributed by atoms with van der Waals surface area (Å²) in [6.45, 7) is 4.41. The standard InChI is InChI=1S/C24H30N4O3.ClH/c1-17(29)25-21-16-19-6-2-3-7-20(19)26-24(21)18-10-14-28(15-11-18)23(31)9-5-13-27-12-4-8-22(27)30;/h2-3,6-7,16,18H,4-5,8-15H2,1H3,(H,25,29);1H. The monoisotopic (exact) mass is 458 g/mol. The Morgan fingerprint density at radius 1 is 1.16 bits per heavy atom. The number of nitrogens with one attached hydrogen (secondary N) is 1. The second kappa shape index (κ2) is 10.8. The number of piperidine rings is 1. The lowest BCUT2D eigenvalue weighted by Crippen LogP contribution is -2.38. The summed E-state index contributed by atoms with van der Waals surface area (Å²) in [5.74, 6) is 0.477. The number of halogens is 1. The third-order valence-corrected chi connectivity index (χ3v) is 6.29. The Morgan fingerprint density at radius 2 is 1.91 bits per heavy atom. The molecule has 172 valence electrons. The van der Waals surface area contributed by atoms with Crippen molar-refractivity contribution in [2.24, 2.45) is 0 Å². The first kappa shape index (κ1) is 24.0. The highest BCUT2D eigenvalue weighted by molar-refractivity contribution is 5.93. The molecule has 1 aromatic carbocycles. The number of pyridine rings is 1. The molecule has 1 aromatic heterocycles. The molecule has 32 heavy (non-hydrogen) atoms. The average Bonchev–Trinajstić information content (AvgIpc) is 3.17. The molecule has 2 saturated heterocycles. The first-order valence-electron chi connectivity index (χ1n) is 11.2. The summed E-state index contributed by atoms with van der Waals surface area (Å²) in [4.78, 5) is 44.7. The Morgan fingerprint density at radius 3 is 2.59 bits per heavy atom. The van der Waals surface area contributed by atoms with Gasteiger partial charge in [-0.3, -0.25) is 19.4 Å². The van der Waals surface area contributed by atoms with E-state index in [2.05, 4.69) is 5.32 Å². The van der Waals surface area contributed by atoms with Gasteiger partial charge in [0, 0.05) is 57.2 Å². The van der Waals surface area contributed by atoms with Gasteiger partial charge in [-0.05, 0) is 37.8 Å². The van der Waals surface area contributed by atoms with Crippen molar-refractivity contribution in [1.29, 1.82) is 0 Å². The SMILES string of the molecule is CC(=O)Nc1cc2ccccc2nc1C1CCN(C(=O)CCCN2CCCC2=O)CC1.Cl. The van der Waals surface area contributed by atoms with E-state index in [-0.39, 0.29) is 36.0 Å². The van der Waals surface area contributed by atoms with E-state index >= 15 is 0 Å². The fourth-order valence-electron chi connectivity index (χ4n) is 4.65. The maximum atomic E-state index is 12.6. The first-order chi connectivity index (χ1) is 15.0.